The van der Waals surface area contributed by atoms with Gasteiger partial charge in [-0.15, -0.1) is 0 Å². The lowest BCUT2D eigenvalue weighted by molar-refractivity contribution is 0.554. The van der Waals surface area contributed by atoms with Gasteiger partial charge in [-0.1, -0.05) is 24.3 Å². The van der Waals surface area contributed by atoms with Crippen LogP contribution in [0.5, 0.6) is 0 Å². The Labute approximate surface area is 145 Å². The predicted molar refractivity (Wildman–Crippen MR) is 101 cm³/mol. The smallest absolute Gasteiger partial charge is 0.0889 e. The van der Waals surface area contributed by atoms with Crippen molar-refractivity contribution in [3.63, 3.8) is 0 Å². The molecule has 0 spiro atoms. The summed E-state index contributed by atoms with van der Waals surface area (Å²) in [5.74, 6) is 0. The van der Waals surface area contributed by atoms with Crippen molar-refractivity contribution >= 4 is 11.4 Å². The molecular weight excluding hydrogens is 296 g/mol. The van der Waals surface area contributed by atoms with E-state index in [1.807, 2.05) is 71.9 Å². The van der Waals surface area contributed by atoms with Crippen LogP contribution in [0.4, 0.5) is 11.4 Å². The largest absolute Gasteiger partial charge is 0.322 e. The second kappa shape index (κ2) is 6.46. The molecule has 4 heteroatoms. The predicted octanol–water partition coefficient (Wildman–Crippen LogP) is 5.11. The maximum Gasteiger partial charge on any atom is 0.0889 e. The lowest BCUT2D eigenvalue weighted by atomic mass is 9.94. The normalized spacial score (nSPS) is 12.8. The van der Waals surface area contributed by atoms with Crippen molar-refractivity contribution in [1.29, 1.82) is 0 Å². The summed E-state index contributed by atoms with van der Waals surface area (Å²) in [6.07, 6.45) is 0. The molecule has 0 aliphatic carbocycles. The first-order valence-corrected chi connectivity index (χ1v) is 8.20. The Balaban J connectivity index is 2.35. The molecule has 0 aromatic heterocycles. The maximum absolute atomic E-state index is 6.18. The van der Waals surface area contributed by atoms with Crippen LogP contribution in [0.1, 0.15) is 49.9 Å². The van der Waals surface area contributed by atoms with Crippen LogP contribution in [0.2, 0.25) is 0 Å². The summed E-state index contributed by atoms with van der Waals surface area (Å²) in [6.45, 7) is 12.0. The molecule has 0 saturated carbocycles. The lowest BCUT2D eigenvalue weighted by Crippen LogP contribution is -2.28. The molecule has 0 bridgehead atoms. The SMILES string of the molecule is Cc1cc(C(C)(C)N)ccc1N=Nc1cc(C(C)(C)N)ccc1C. The molecule has 2 rings (SSSR count). The average Bonchev–Trinajstić information content (AvgIpc) is 2.45. The van der Waals surface area contributed by atoms with E-state index in [2.05, 4.69) is 16.3 Å². The Kier molecular flexibility index (Phi) is 4.92. The maximum atomic E-state index is 6.18. The van der Waals surface area contributed by atoms with Gasteiger partial charge in [-0.3, -0.25) is 0 Å². The lowest BCUT2D eigenvalue weighted by Gasteiger charge is -2.20. The van der Waals surface area contributed by atoms with Crippen molar-refractivity contribution in [3.05, 3.63) is 58.7 Å². The number of aryl methyl sites for hydroxylation is 2. The fourth-order valence-corrected chi connectivity index (χ4v) is 2.39. The molecule has 24 heavy (non-hydrogen) atoms. The van der Waals surface area contributed by atoms with E-state index >= 15 is 0 Å². The van der Waals surface area contributed by atoms with Crippen molar-refractivity contribution < 1.29 is 0 Å². The van der Waals surface area contributed by atoms with Gasteiger partial charge in [-0.05, 0) is 75.9 Å². The van der Waals surface area contributed by atoms with Crippen LogP contribution in [-0.4, -0.2) is 0 Å². The van der Waals surface area contributed by atoms with Crippen LogP contribution in [0.15, 0.2) is 46.6 Å². The number of benzene rings is 2. The molecule has 0 atom stereocenters. The zero-order valence-corrected chi connectivity index (χ0v) is 15.5. The van der Waals surface area contributed by atoms with Gasteiger partial charge in [0.2, 0.25) is 0 Å². The van der Waals surface area contributed by atoms with Crippen LogP contribution in [-0.2, 0) is 11.1 Å². The summed E-state index contributed by atoms with van der Waals surface area (Å²) in [5.41, 5.74) is 17.5. The first-order chi connectivity index (χ1) is 11.0. The zero-order valence-electron chi connectivity index (χ0n) is 15.5. The highest BCUT2D eigenvalue weighted by atomic mass is 15.1. The minimum absolute atomic E-state index is 0.363. The quantitative estimate of drug-likeness (QED) is 0.767. The van der Waals surface area contributed by atoms with Gasteiger partial charge in [-0.25, -0.2) is 0 Å². The second-order valence-corrected chi connectivity index (χ2v) is 7.65. The van der Waals surface area contributed by atoms with Crippen molar-refractivity contribution in [2.24, 2.45) is 21.7 Å². The molecule has 2 aromatic carbocycles. The van der Waals surface area contributed by atoms with E-state index in [9.17, 15) is 0 Å². The van der Waals surface area contributed by atoms with Crippen molar-refractivity contribution in [2.75, 3.05) is 0 Å². The summed E-state index contributed by atoms with van der Waals surface area (Å²) in [6, 6.07) is 12.1. The number of hydrogen-bond donors (Lipinski definition) is 2. The molecule has 0 heterocycles. The van der Waals surface area contributed by atoms with E-state index in [4.69, 9.17) is 11.5 Å². The van der Waals surface area contributed by atoms with Crippen LogP contribution >= 0.6 is 0 Å². The average molecular weight is 324 g/mol. The molecule has 128 valence electrons. The van der Waals surface area contributed by atoms with Crippen LogP contribution < -0.4 is 11.5 Å². The van der Waals surface area contributed by atoms with Gasteiger partial charge < -0.3 is 11.5 Å². The molecule has 0 unspecified atom stereocenters. The fraction of sp³-hybridized carbons (Fsp3) is 0.400. The number of nitrogens with two attached hydrogens (primary N) is 2. The second-order valence-electron chi connectivity index (χ2n) is 7.65. The van der Waals surface area contributed by atoms with Crippen LogP contribution in [0, 0.1) is 13.8 Å². The molecule has 0 saturated heterocycles. The van der Waals surface area contributed by atoms with E-state index < -0.39 is 5.54 Å². The van der Waals surface area contributed by atoms with Gasteiger partial charge in [0.1, 0.15) is 0 Å². The van der Waals surface area contributed by atoms with Gasteiger partial charge in [0.05, 0.1) is 11.4 Å². The van der Waals surface area contributed by atoms with E-state index in [1.165, 1.54) is 0 Å². The van der Waals surface area contributed by atoms with Crippen molar-refractivity contribution in [1.82, 2.24) is 0 Å². The molecule has 0 radical (unpaired) electrons. The summed E-state index contributed by atoms with van der Waals surface area (Å²) < 4.78 is 0. The molecule has 0 aliphatic heterocycles. The zero-order chi connectivity index (χ0) is 18.1. The van der Waals surface area contributed by atoms with E-state index in [0.29, 0.717) is 0 Å². The number of nitrogens with zero attached hydrogens (tertiary/aromatic N) is 2. The van der Waals surface area contributed by atoms with Gasteiger partial charge in [-0.2, -0.15) is 10.2 Å². The minimum atomic E-state index is -0.401. The van der Waals surface area contributed by atoms with E-state index in [-0.39, 0.29) is 5.54 Å². The summed E-state index contributed by atoms with van der Waals surface area (Å²) >= 11 is 0. The van der Waals surface area contributed by atoms with Gasteiger partial charge in [0.25, 0.3) is 0 Å². The summed E-state index contributed by atoms with van der Waals surface area (Å²) in [7, 11) is 0. The molecule has 0 fully saturated rings. The van der Waals surface area contributed by atoms with Crippen LogP contribution in [0.25, 0.3) is 0 Å². The topological polar surface area (TPSA) is 76.8 Å². The third-order valence-electron chi connectivity index (χ3n) is 4.16. The van der Waals surface area contributed by atoms with E-state index in [0.717, 1.165) is 33.6 Å². The van der Waals surface area contributed by atoms with Gasteiger partial charge in [0, 0.05) is 11.1 Å². The highest BCUT2D eigenvalue weighted by Crippen LogP contribution is 2.29. The molecule has 4 nitrogen and oxygen atoms in total. The number of azo groups is 1. The standard InChI is InChI=1S/C20H28N4/c1-13-7-8-16(20(5,6)22)12-18(13)24-23-17-10-9-15(11-14(17)2)19(3,4)21/h7-12H,21-22H2,1-6H3. The van der Waals surface area contributed by atoms with Crippen molar-refractivity contribution in [2.45, 2.75) is 52.6 Å². The van der Waals surface area contributed by atoms with Gasteiger partial charge >= 0.3 is 0 Å². The number of rotatable bonds is 4. The third kappa shape index (κ3) is 4.28. The summed E-state index contributed by atoms with van der Waals surface area (Å²) in [5, 5.41) is 8.87. The Morgan fingerprint density at radius 3 is 1.71 bits per heavy atom. The third-order valence-corrected chi connectivity index (χ3v) is 4.16. The number of hydrogen-bond acceptors (Lipinski definition) is 4. The Bertz CT molecular complexity index is 762. The minimum Gasteiger partial charge on any atom is -0.322 e. The Morgan fingerprint density at radius 2 is 1.17 bits per heavy atom. The summed E-state index contributed by atoms with van der Waals surface area (Å²) in [4.78, 5) is 0. The molecule has 4 N–H and O–H groups in total. The van der Waals surface area contributed by atoms with Crippen molar-refractivity contribution in [3.8, 4) is 0 Å². The highest BCUT2D eigenvalue weighted by molar-refractivity contribution is 5.51. The molecule has 0 amide bonds. The highest BCUT2D eigenvalue weighted by Gasteiger charge is 2.16. The Hall–Kier alpha value is -2.04. The first kappa shape index (κ1) is 18.3. The first-order valence-electron chi connectivity index (χ1n) is 8.20. The van der Waals surface area contributed by atoms with Gasteiger partial charge in [0.15, 0.2) is 0 Å². The Morgan fingerprint density at radius 1 is 0.667 bits per heavy atom. The monoisotopic (exact) mass is 324 g/mol. The molecular formula is C20H28N4. The van der Waals surface area contributed by atoms with Crippen LogP contribution in [0.3, 0.4) is 0 Å². The fourth-order valence-electron chi connectivity index (χ4n) is 2.39. The molecule has 0 aliphatic rings. The van der Waals surface area contributed by atoms with E-state index in [1.54, 1.807) is 0 Å². The molecule has 2 aromatic rings.